The summed E-state index contributed by atoms with van der Waals surface area (Å²) >= 11 is 0. The summed E-state index contributed by atoms with van der Waals surface area (Å²) in [5.41, 5.74) is 1.55. The van der Waals surface area contributed by atoms with E-state index in [1.54, 1.807) is 18.2 Å². The third-order valence-corrected chi connectivity index (χ3v) is 3.79. The molecule has 2 aromatic carbocycles. The summed E-state index contributed by atoms with van der Waals surface area (Å²) in [7, 11) is 0. The Morgan fingerprint density at radius 2 is 1.72 bits per heavy atom. The Hall–Kier alpha value is -2.43. The molecule has 1 amide bonds. The summed E-state index contributed by atoms with van der Waals surface area (Å²) in [6.45, 7) is 8.17. The number of carbonyl (C=O) groups is 1. The highest BCUT2D eigenvalue weighted by atomic mass is 16.7. The maximum absolute atomic E-state index is 12.6. The van der Waals surface area contributed by atoms with Gasteiger partial charge in [0.2, 0.25) is 0 Å². The first-order valence-electron chi connectivity index (χ1n) is 8.46. The van der Waals surface area contributed by atoms with Crippen molar-refractivity contribution in [1.82, 2.24) is 5.32 Å². The van der Waals surface area contributed by atoms with Crippen LogP contribution in [0, 0.1) is 0 Å². The molecule has 0 aliphatic rings. The van der Waals surface area contributed by atoms with Gasteiger partial charge in [-0.3, -0.25) is 4.79 Å². The van der Waals surface area contributed by atoms with Gasteiger partial charge in [-0.2, -0.15) is 0 Å². The second kappa shape index (κ2) is 9.77. The van der Waals surface area contributed by atoms with E-state index >= 15 is 0 Å². The zero-order valence-corrected chi connectivity index (χ0v) is 14.7. The third kappa shape index (κ3) is 5.55. The predicted octanol–water partition coefficient (Wildman–Crippen LogP) is 4.11. The first kappa shape index (κ1) is 18.9. The van der Waals surface area contributed by atoms with Crippen molar-refractivity contribution in [1.29, 1.82) is 0 Å². The van der Waals surface area contributed by atoms with Crippen molar-refractivity contribution in [3.05, 3.63) is 84.4 Å². The van der Waals surface area contributed by atoms with Gasteiger partial charge >= 0.3 is 0 Å². The molecule has 4 nitrogen and oxygen atoms in total. The van der Waals surface area contributed by atoms with Crippen LogP contribution in [0.1, 0.15) is 35.8 Å². The zero-order valence-electron chi connectivity index (χ0n) is 14.7. The molecule has 1 unspecified atom stereocenters. The molecular formula is C21H25NO3. The van der Waals surface area contributed by atoms with E-state index in [4.69, 9.17) is 9.47 Å². The van der Waals surface area contributed by atoms with Crippen LogP contribution in [-0.4, -0.2) is 24.9 Å². The highest BCUT2D eigenvalue weighted by Crippen LogP contribution is 2.22. The molecule has 25 heavy (non-hydrogen) atoms. The number of nitrogens with one attached hydrogen (secondary N) is 1. The van der Waals surface area contributed by atoms with E-state index in [1.165, 1.54) is 0 Å². The minimum absolute atomic E-state index is 0.158. The highest BCUT2D eigenvalue weighted by Gasteiger charge is 2.25. The van der Waals surface area contributed by atoms with E-state index in [2.05, 4.69) is 11.9 Å². The van der Waals surface area contributed by atoms with E-state index in [0.717, 1.165) is 5.56 Å². The van der Waals surface area contributed by atoms with E-state index in [0.29, 0.717) is 12.2 Å². The number of hydrogen-bond acceptors (Lipinski definition) is 3. The van der Waals surface area contributed by atoms with Gasteiger partial charge in [0.1, 0.15) is 6.10 Å². The summed E-state index contributed by atoms with van der Waals surface area (Å²) in [6.07, 6.45) is 0.878. The molecule has 0 saturated carbocycles. The van der Waals surface area contributed by atoms with E-state index in [-0.39, 0.29) is 11.9 Å². The first-order chi connectivity index (χ1) is 12.2. The Morgan fingerprint density at radius 1 is 1.12 bits per heavy atom. The average Bonchev–Trinajstić information content (AvgIpc) is 2.66. The van der Waals surface area contributed by atoms with Crippen molar-refractivity contribution in [2.24, 2.45) is 0 Å². The summed E-state index contributed by atoms with van der Waals surface area (Å²) in [5, 5.41) is 3.06. The van der Waals surface area contributed by atoms with Crippen LogP contribution >= 0.6 is 0 Å². The molecule has 0 heterocycles. The van der Waals surface area contributed by atoms with Crippen molar-refractivity contribution in [3.8, 4) is 0 Å². The maximum Gasteiger partial charge on any atom is 0.251 e. The van der Waals surface area contributed by atoms with Crippen molar-refractivity contribution in [2.45, 2.75) is 32.3 Å². The molecule has 1 N–H and O–H groups in total. The van der Waals surface area contributed by atoms with Crippen molar-refractivity contribution in [2.75, 3.05) is 6.61 Å². The van der Waals surface area contributed by atoms with Crippen LogP contribution in [-0.2, 0) is 9.47 Å². The van der Waals surface area contributed by atoms with Gasteiger partial charge in [-0.1, -0.05) is 54.6 Å². The summed E-state index contributed by atoms with van der Waals surface area (Å²) in [5.74, 6) is -0.158. The lowest BCUT2D eigenvalue weighted by atomic mass is 10.0. The van der Waals surface area contributed by atoms with Crippen LogP contribution in [0.2, 0.25) is 0 Å². The van der Waals surface area contributed by atoms with Gasteiger partial charge in [0.15, 0.2) is 6.29 Å². The van der Waals surface area contributed by atoms with Crippen molar-refractivity contribution >= 4 is 5.91 Å². The topological polar surface area (TPSA) is 47.6 Å². The molecule has 0 aliphatic carbocycles. The van der Waals surface area contributed by atoms with Crippen LogP contribution in [0.25, 0.3) is 0 Å². The molecule has 3 atom stereocenters. The first-order valence-corrected chi connectivity index (χ1v) is 8.46. The van der Waals surface area contributed by atoms with Crippen LogP contribution in [0.3, 0.4) is 0 Å². The van der Waals surface area contributed by atoms with Gasteiger partial charge < -0.3 is 14.8 Å². The average molecular weight is 339 g/mol. The van der Waals surface area contributed by atoms with Crippen LogP contribution in [0.5, 0.6) is 0 Å². The Labute approximate surface area is 149 Å². The quantitative estimate of drug-likeness (QED) is 0.552. The number of hydrogen-bond donors (Lipinski definition) is 1. The van der Waals surface area contributed by atoms with Gasteiger partial charge in [0, 0.05) is 12.2 Å². The molecule has 0 bridgehead atoms. The van der Waals surface area contributed by atoms with E-state index < -0.39 is 12.4 Å². The smallest absolute Gasteiger partial charge is 0.251 e. The third-order valence-electron chi connectivity index (χ3n) is 3.79. The number of amides is 1. The molecule has 0 aliphatic heterocycles. The normalized spacial score (nSPS) is 14.3. The fourth-order valence-corrected chi connectivity index (χ4v) is 2.60. The molecule has 0 spiro atoms. The molecule has 4 heteroatoms. The molecular weight excluding hydrogens is 314 g/mol. The summed E-state index contributed by atoms with van der Waals surface area (Å²) < 4.78 is 11.4. The van der Waals surface area contributed by atoms with E-state index in [1.807, 2.05) is 62.4 Å². The van der Waals surface area contributed by atoms with Gasteiger partial charge in [-0.05, 0) is 31.5 Å². The van der Waals surface area contributed by atoms with Crippen LogP contribution in [0.15, 0.2) is 73.3 Å². The summed E-state index contributed by atoms with van der Waals surface area (Å²) in [6, 6.07) is 18.5. The van der Waals surface area contributed by atoms with Gasteiger partial charge in [0.25, 0.3) is 5.91 Å². The molecule has 0 saturated heterocycles. The Kier molecular flexibility index (Phi) is 7.38. The minimum atomic E-state index is -0.420. The number of rotatable bonds is 9. The lowest BCUT2D eigenvalue weighted by molar-refractivity contribution is -0.151. The fraction of sp³-hybridized carbons (Fsp3) is 0.286. The lowest BCUT2D eigenvalue weighted by Crippen LogP contribution is -2.38. The second-order valence-electron chi connectivity index (χ2n) is 5.59. The molecule has 0 radical (unpaired) electrons. The lowest BCUT2D eigenvalue weighted by Gasteiger charge is -2.28. The molecule has 0 aromatic heterocycles. The molecule has 2 aromatic rings. The van der Waals surface area contributed by atoms with Crippen molar-refractivity contribution < 1.29 is 14.3 Å². The molecule has 0 fully saturated rings. The standard InChI is InChI=1S/C21H25NO3/c1-4-19(25-16(3)24-5-2)20(17-12-8-6-9-13-17)22-21(23)18-14-10-7-11-15-18/h4,6-16,19-20H,1,5H2,2-3H3,(H,22,23)/t16?,19-,20-/m0/s1. The van der Waals surface area contributed by atoms with Gasteiger partial charge in [-0.25, -0.2) is 0 Å². The number of carbonyl (C=O) groups excluding carboxylic acids is 1. The zero-order chi connectivity index (χ0) is 18.1. The largest absolute Gasteiger partial charge is 0.353 e. The summed E-state index contributed by atoms with van der Waals surface area (Å²) in [4.78, 5) is 12.6. The van der Waals surface area contributed by atoms with Gasteiger partial charge in [0.05, 0.1) is 6.04 Å². The SMILES string of the molecule is C=C[C@H](OC(C)OCC)[C@@H](NC(=O)c1ccccc1)c1ccccc1. The predicted molar refractivity (Wildman–Crippen MR) is 99.2 cm³/mol. The fourth-order valence-electron chi connectivity index (χ4n) is 2.60. The second-order valence-corrected chi connectivity index (χ2v) is 5.59. The van der Waals surface area contributed by atoms with Crippen LogP contribution in [0.4, 0.5) is 0 Å². The number of benzene rings is 2. The number of ether oxygens (including phenoxy) is 2. The highest BCUT2D eigenvalue weighted by molar-refractivity contribution is 5.94. The Bertz CT molecular complexity index is 657. The van der Waals surface area contributed by atoms with Crippen LogP contribution < -0.4 is 5.32 Å². The monoisotopic (exact) mass is 339 g/mol. The Morgan fingerprint density at radius 3 is 2.28 bits per heavy atom. The maximum atomic E-state index is 12.6. The van der Waals surface area contributed by atoms with Crippen molar-refractivity contribution in [3.63, 3.8) is 0 Å². The molecule has 2 rings (SSSR count). The van der Waals surface area contributed by atoms with E-state index in [9.17, 15) is 4.79 Å². The minimum Gasteiger partial charge on any atom is -0.353 e. The Balaban J connectivity index is 2.23. The molecule has 132 valence electrons. The van der Waals surface area contributed by atoms with Gasteiger partial charge in [-0.15, -0.1) is 6.58 Å².